The third kappa shape index (κ3) is 11.3. The van der Waals surface area contributed by atoms with Crippen molar-refractivity contribution >= 4 is 22.1 Å². The molecule has 0 bridgehead atoms. The fraction of sp³-hybridized carbons (Fsp3) is 0.895. The molecule has 0 spiro atoms. The first-order valence-electron chi connectivity index (χ1n) is 9.97. The molecule has 0 saturated carbocycles. The predicted molar refractivity (Wildman–Crippen MR) is 104 cm³/mol. The van der Waals surface area contributed by atoms with Crippen molar-refractivity contribution in [1.29, 1.82) is 0 Å². The molecule has 0 aliphatic carbocycles. The van der Waals surface area contributed by atoms with Gasteiger partial charge in [0, 0.05) is 0 Å². The lowest BCUT2D eigenvalue weighted by Gasteiger charge is -2.18. The van der Waals surface area contributed by atoms with Crippen molar-refractivity contribution in [3.05, 3.63) is 0 Å². The second-order valence-corrected chi connectivity index (χ2v) is 8.60. The van der Waals surface area contributed by atoms with Crippen LogP contribution in [-0.4, -0.2) is 43.4 Å². The molecule has 0 aliphatic rings. The number of unbranched alkanes of at least 4 members (excludes halogenated alkanes) is 1. The third-order valence-corrected chi connectivity index (χ3v) is 5.81. The molecule has 0 amide bonds. The number of carbonyl (C=O) groups is 2. The molecule has 0 aromatic rings. The fourth-order valence-corrected chi connectivity index (χ4v) is 3.39. The van der Waals surface area contributed by atoms with E-state index in [9.17, 15) is 22.6 Å². The predicted octanol–water partition coefficient (Wildman–Crippen LogP) is 3.76. The van der Waals surface area contributed by atoms with E-state index in [0.29, 0.717) is 0 Å². The van der Waals surface area contributed by atoms with Gasteiger partial charge in [0.2, 0.25) is 0 Å². The van der Waals surface area contributed by atoms with Crippen LogP contribution >= 0.6 is 0 Å². The molecule has 0 radical (unpaired) electrons. The number of hydrogen-bond acceptors (Lipinski definition) is 6. The van der Waals surface area contributed by atoms with Crippen molar-refractivity contribution in [3.63, 3.8) is 0 Å². The van der Waals surface area contributed by atoms with Crippen molar-refractivity contribution in [2.45, 2.75) is 84.3 Å². The molecule has 0 saturated heterocycles. The van der Waals surface area contributed by atoms with Gasteiger partial charge in [-0.15, -0.1) is 0 Å². The van der Waals surface area contributed by atoms with Crippen molar-refractivity contribution in [2.75, 3.05) is 13.2 Å². The second kappa shape index (κ2) is 13.9. The summed E-state index contributed by atoms with van der Waals surface area (Å²) < 4.78 is 42.6. The van der Waals surface area contributed by atoms with E-state index in [-0.39, 0.29) is 25.0 Å². The maximum atomic E-state index is 12.1. The first kappa shape index (κ1) is 25.9. The molecular weight excluding hydrogens is 372 g/mol. The molecule has 0 rings (SSSR count). The van der Waals surface area contributed by atoms with Gasteiger partial charge in [0.15, 0.2) is 5.25 Å². The van der Waals surface area contributed by atoms with Gasteiger partial charge >= 0.3 is 11.9 Å². The quantitative estimate of drug-likeness (QED) is 0.325. The fourth-order valence-electron chi connectivity index (χ4n) is 2.74. The Balaban J connectivity index is 4.74. The van der Waals surface area contributed by atoms with Gasteiger partial charge in [0.05, 0.1) is 19.6 Å². The van der Waals surface area contributed by atoms with Crippen LogP contribution in [0.2, 0.25) is 0 Å². The van der Waals surface area contributed by atoms with Crippen molar-refractivity contribution in [3.8, 4) is 0 Å². The average molecular weight is 409 g/mol. The first-order chi connectivity index (χ1) is 12.7. The standard InChI is InChI=1S/C19H36O7S/c1-5-9-11-16(8-4)14-26-19(21)17(27(22,23)24)12-18(20)25-13-15(7-3)10-6-2/h15-17H,5-14H2,1-4H3,(H,22,23,24). The van der Waals surface area contributed by atoms with E-state index in [0.717, 1.165) is 44.9 Å². The molecule has 0 aliphatic heterocycles. The molecule has 8 heteroatoms. The molecule has 7 nitrogen and oxygen atoms in total. The van der Waals surface area contributed by atoms with Gasteiger partial charge in [-0.2, -0.15) is 8.42 Å². The molecule has 0 fully saturated rings. The number of esters is 2. The number of rotatable bonds is 15. The summed E-state index contributed by atoms with van der Waals surface area (Å²) in [5, 5.41) is -1.94. The molecule has 3 unspecified atom stereocenters. The van der Waals surface area contributed by atoms with Gasteiger partial charge in [0.1, 0.15) is 0 Å². The van der Waals surface area contributed by atoms with Gasteiger partial charge in [-0.1, -0.05) is 59.8 Å². The van der Waals surface area contributed by atoms with Gasteiger partial charge in [0.25, 0.3) is 10.1 Å². The topological polar surface area (TPSA) is 107 Å². The average Bonchev–Trinajstić information content (AvgIpc) is 2.62. The lowest BCUT2D eigenvalue weighted by atomic mass is 10.0. The minimum absolute atomic E-state index is 0.0742. The van der Waals surface area contributed by atoms with Crippen molar-refractivity contribution in [1.82, 2.24) is 0 Å². The summed E-state index contributed by atoms with van der Waals surface area (Å²) in [5.74, 6) is -1.62. The summed E-state index contributed by atoms with van der Waals surface area (Å²) >= 11 is 0. The second-order valence-electron chi connectivity index (χ2n) is 7.00. The summed E-state index contributed by atoms with van der Waals surface area (Å²) in [4.78, 5) is 24.1. The Labute approximate surface area is 163 Å². The van der Waals surface area contributed by atoms with Crippen molar-refractivity contribution < 1.29 is 32.0 Å². The van der Waals surface area contributed by atoms with Crippen LogP contribution in [0.1, 0.15) is 79.1 Å². The Morgan fingerprint density at radius 3 is 1.93 bits per heavy atom. The highest BCUT2D eigenvalue weighted by Crippen LogP contribution is 2.16. The first-order valence-corrected chi connectivity index (χ1v) is 11.5. The summed E-state index contributed by atoms with van der Waals surface area (Å²) in [6.07, 6.45) is 5.60. The number of ether oxygens (including phenoxy) is 2. The van der Waals surface area contributed by atoms with Crippen LogP contribution in [-0.2, 0) is 29.2 Å². The lowest BCUT2D eigenvalue weighted by Crippen LogP contribution is -2.35. The molecule has 27 heavy (non-hydrogen) atoms. The summed E-state index contributed by atoms with van der Waals surface area (Å²) in [6, 6.07) is 0. The van der Waals surface area contributed by atoms with Gasteiger partial charge in [-0.3, -0.25) is 14.1 Å². The zero-order chi connectivity index (χ0) is 20.9. The molecule has 160 valence electrons. The summed E-state index contributed by atoms with van der Waals surface area (Å²) in [7, 11) is -4.76. The Morgan fingerprint density at radius 1 is 0.889 bits per heavy atom. The zero-order valence-corrected chi connectivity index (χ0v) is 17.9. The van der Waals surface area contributed by atoms with Crippen LogP contribution < -0.4 is 0 Å². The van der Waals surface area contributed by atoms with Gasteiger partial charge < -0.3 is 9.47 Å². The van der Waals surface area contributed by atoms with Crippen LogP contribution in [0.3, 0.4) is 0 Å². The van der Waals surface area contributed by atoms with E-state index >= 15 is 0 Å². The van der Waals surface area contributed by atoms with Crippen LogP contribution in [0, 0.1) is 11.8 Å². The normalized spacial score (nSPS) is 15.0. The Bertz CT molecular complexity index is 530. The highest BCUT2D eigenvalue weighted by Gasteiger charge is 2.36. The Morgan fingerprint density at radius 2 is 1.44 bits per heavy atom. The van der Waals surface area contributed by atoms with Crippen LogP contribution in [0.4, 0.5) is 0 Å². The van der Waals surface area contributed by atoms with Crippen molar-refractivity contribution in [2.24, 2.45) is 11.8 Å². The van der Waals surface area contributed by atoms with E-state index in [2.05, 4.69) is 6.92 Å². The van der Waals surface area contributed by atoms with E-state index in [4.69, 9.17) is 9.47 Å². The Kier molecular flexibility index (Phi) is 13.3. The minimum atomic E-state index is -4.76. The molecule has 0 aromatic heterocycles. The summed E-state index contributed by atoms with van der Waals surface area (Å²) in [6.45, 7) is 8.28. The van der Waals surface area contributed by atoms with E-state index in [1.165, 1.54) is 0 Å². The highest BCUT2D eigenvalue weighted by atomic mass is 32.2. The maximum absolute atomic E-state index is 12.1. The van der Waals surface area contributed by atoms with E-state index in [1.54, 1.807) is 0 Å². The number of hydrogen-bond donors (Lipinski definition) is 1. The molecule has 1 N–H and O–H groups in total. The summed E-state index contributed by atoms with van der Waals surface area (Å²) in [5.41, 5.74) is 0. The van der Waals surface area contributed by atoms with Crippen LogP contribution in [0.25, 0.3) is 0 Å². The molecule has 0 heterocycles. The minimum Gasteiger partial charge on any atom is -0.465 e. The highest BCUT2D eigenvalue weighted by molar-refractivity contribution is 7.87. The SMILES string of the molecule is CCCCC(CC)COC(=O)C(CC(=O)OCC(CC)CCC)S(=O)(=O)O. The van der Waals surface area contributed by atoms with Crippen LogP contribution in [0.15, 0.2) is 0 Å². The molecular formula is C19H36O7S. The van der Waals surface area contributed by atoms with E-state index < -0.39 is 33.7 Å². The maximum Gasteiger partial charge on any atom is 0.327 e. The smallest absolute Gasteiger partial charge is 0.327 e. The molecule has 0 aromatic carbocycles. The lowest BCUT2D eigenvalue weighted by molar-refractivity contribution is -0.151. The Hall–Kier alpha value is -1.15. The van der Waals surface area contributed by atoms with Gasteiger partial charge in [-0.25, -0.2) is 0 Å². The molecule has 3 atom stereocenters. The zero-order valence-electron chi connectivity index (χ0n) is 17.1. The largest absolute Gasteiger partial charge is 0.465 e. The van der Waals surface area contributed by atoms with E-state index in [1.807, 2.05) is 20.8 Å². The number of carbonyl (C=O) groups excluding carboxylic acids is 2. The third-order valence-electron chi connectivity index (χ3n) is 4.73. The monoisotopic (exact) mass is 408 g/mol. The van der Waals surface area contributed by atoms with Crippen LogP contribution in [0.5, 0.6) is 0 Å². The van der Waals surface area contributed by atoms with Gasteiger partial charge in [-0.05, 0) is 24.7 Å².